The highest BCUT2D eigenvalue weighted by molar-refractivity contribution is 6.33. The van der Waals surface area contributed by atoms with Gasteiger partial charge in [-0.2, -0.15) is 0 Å². The Hall–Kier alpha value is -1.16. The van der Waals surface area contributed by atoms with E-state index in [2.05, 4.69) is 20.3 Å². The number of aromatic nitrogens is 2. The van der Waals surface area contributed by atoms with E-state index in [-0.39, 0.29) is 0 Å². The quantitative estimate of drug-likeness (QED) is 0.556. The summed E-state index contributed by atoms with van der Waals surface area (Å²) in [6, 6.07) is 0. The summed E-state index contributed by atoms with van der Waals surface area (Å²) in [7, 11) is 0. The molecular weight excluding hydrogens is 152 g/mol. The highest BCUT2D eigenvalue weighted by atomic mass is 35.5. The molecule has 0 unspecified atom stereocenters. The van der Waals surface area contributed by atoms with Gasteiger partial charge in [-0.05, 0) is 0 Å². The van der Waals surface area contributed by atoms with Crippen molar-refractivity contribution in [2.75, 3.05) is 5.32 Å². The molecule has 1 aromatic heterocycles. The number of nitrogens with one attached hydrogen (secondary N) is 1. The number of hydrogen-bond acceptors (Lipinski definition) is 4. The van der Waals surface area contributed by atoms with Crippen molar-refractivity contribution in [3.8, 4) is 0 Å². The van der Waals surface area contributed by atoms with Gasteiger partial charge in [-0.3, -0.25) is 5.32 Å². The van der Waals surface area contributed by atoms with E-state index in [0.717, 1.165) is 0 Å². The Morgan fingerprint density at radius 1 is 1.50 bits per heavy atom. The van der Waals surface area contributed by atoms with Crippen LogP contribution in [0.5, 0.6) is 0 Å². The van der Waals surface area contributed by atoms with Crippen LogP contribution in [0.4, 0.5) is 11.5 Å². The second kappa shape index (κ2) is 1.91. The van der Waals surface area contributed by atoms with E-state index in [1.54, 1.807) is 0 Å². The lowest BCUT2D eigenvalue weighted by Gasteiger charge is -1.88. The smallest absolute Gasteiger partial charge is 0.269 e. The van der Waals surface area contributed by atoms with Crippen LogP contribution in [0.25, 0.3) is 0 Å². The van der Waals surface area contributed by atoms with E-state index in [4.69, 9.17) is 11.6 Å². The summed E-state index contributed by atoms with van der Waals surface area (Å²) in [5.74, 6) is 0.597. The Balaban J connectivity index is 2.66. The lowest BCUT2D eigenvalue weighted by atomic mass is 10.5. The number of halogens is 1. The van der Waals surface area contributed by atoms with Crippen LogP contribution in [0.1, 0.15) is 0 Å². The van der Waals surface area contributed by atoms with Gasteiger partial charge in [0, 0.05) is 0 Å². The maximum atomic E-state index is 5.68. The molecule has 0 saturated carbocycles. The van der Waals surface area contributed by atoms with Crippen molar-refractivity contribution >= 4 is 29.4 Å². The highest BCUT2D eigenvalue weighted by Gasteiger charge is 2.20. The zero-order chi connectivity index (χ0) is 6.97. The van der Waals surface area contributed by atoms with Crippen LogP contribution >= 0.6 is 11.6 Å². The average molecular weight is 155 g/mol. The molecule has 0 spiro atoms. The minimum Gasteiger partial charge on any atom is -0.269 e. The number of nitrogens with zero attached hydrogens (tertiary/aromatic N) is 3. The second-order valence-electron chi connectivity index (χ2n) is 1.77. The monoisotopic (exact) mass is 154 g/mol. The maximum absolute atomic E-state index is 5.68. The topological polar surface area (TPSA) is 51.9 Å². The highest BCUT2D eigenvalue weighted by Crippen LogP contribution is 2.26. The summed E-state index contributed by atoms with van der Waals surface area (Å²) in [6.45, 7) is 0. The minimum atomic E-state index is 0.405. The zero-order valence-corrected chi connectivity index (χ0v) is 5.63. The fraction of sp³-hybridized carbons (Fsp3) is 0. The molecule has 0 atom stereocenters. The molecule has 1 aromatic rings. The third-order valence-electron chi connectivity index (χ3n) is 1.18. The van der Waals surface area contributed by atoms with Crippen LogP contribution in [-0.4, -0.2) is 16.3 Å². The van der Waals surface area contributed by atoms with E-state index < -0.39 is 0 Å². The van der Waals surface area contributed by atoms with E-state index in [1.807, 2.05) is 0 Å². The number of aliphatic imine (C=N–C) groups is 1. The van der Waals surface area contributed by atoms with Gasteiger partial charge < -0.3 is 0 Å². The van der Waals surface area contributed by atoms with Gasteiger partial charge in [0.1, 0.15) is 0 Å². The molecule has 10 heavy (non-hydrogen) atoms. The lowest BCUT2D eigenvalue weighted by Crippen LogP contribution is -1.90. The van der Waals surface area contributed by atoms with Crippen molar-refractivity contribution in [3.05, 3.63) is 11.5 Å². The first-order chi connectivity index (χ1) is 4.88. The SMILES string of the molecule is Clc1ncnc2c1NC=[N+]2. The molecule has 0 saturated heterocycles. The molecule has 0 aliphatic carbocycles. The van der Waals surface area contributed by atoms with Crippen molar-refractivity contribution in [2.45, 2.75) is 0 Å². The first-order valence-corrected chi connectivity index (χ1v) is 3.05. The van der Waals surface area contributed by atoms with Gasteiger partial charge in [0.25, 0.3) is 0 Å². The predicted molar refractivity (Wildman–Crippen MR) is 38.5 cm³/mol. The first kappa shape index (κ1) is 5.61. The molecule has 5 heteroatoms. The molecule has 0 fully saturated rings. The zero-order valence-electron chi connectivity index (χ0n) is 4.87. The Labute approximate surface area is 62.0 Å². The third-order valence-corrected chi connectivity index (χ3v) is 1.46. The molecule has 0 bridgehead atoms. The van der Waals surface area contributed by atoms with Gasteiger partial charge >= 0.3 is 5.82 Å². The van der Waals surface area contributed by atoms with E-state index in [0.29, 0.717) is 16.7 Å². The molecule has 1 aliphatic rings. The number of rotatable bonds is 0. The van der Waals surface area contributed by atoms with E-state index in [9.17, 15) is 0 Å². The molecule has 2 rings (SSSR count). The molecule has 4 nitrogen and oxygen atoms in total. The van der Waals surface area contributed by atoms with Crippen LogP contribution in [0, 0.1) is 0 Å². The molecule has 0 amide bonds. The van der Waals surface area contributed by atoms with Crippen molar-refractivity contribution < 1.29 is 0 Å². The van der Waals surface area contributed by atoms with Gasteiger partial charge in [0.05, 0.1) is 0 Å². The summed E-state index contributed by atoms with van der Waals surface area (Å²) >= 11 is 5.68. The molecule has 0 aromatic carbocycles. The van der Waals surface area contributed by atoms with Gasteiger partial charge in [0.15, 0.2) is 11.5 Å². The predicted octanol–water partition coefficient (Wildman–Crippen LogP) is 0.551. The Morgan fingerprint density at radius 2 is 2.40 bits per heavy atom. The van der Waals surface area contributed by atoms with Crippen molar-refractivity contribution in [3.63, 3.8) is 0 Å². The molecule has 1 aliphatic heterocycles. The van der Waals surface area contributed by atoms with Gasteiger partial charge in [-0.25, -0.2) is 4.98 Å². The van der Waals surface area contributed by atoms with E-state index >= 15 is 0 Å². The van der Waals surface area contributed by atoms with Crippen LogP contribution in [0.3, 0.4) is 0 Å². The summed E-state index contributed by atoms with van der Waals surface area (Å²) < 4.78 is 0. The molecule has 2 heterocycles. The van der Waals surface area contributed by atoms with Gasteiger partial charge in [-0.1, -0.05) is 21.6 Å². The van der Waals surface area contributed by atoms with Crippen molar-refractivity contribution in [1.82, 2.24) is 15.0 Å². The summed E-state index contributed by atoms with van der Waals surface area (Å²) in [5, 5.41) is 3.22. The largest absolute Gasteiger partial charge is 0.340 e. The van der Waals surface area contributed by atoms with Crippen LogP contribution < -0.4 is 10.3 Å². The Bertz CT molecular complexity index is 296. The first-order valence-electron chi connectivity index (χ1n) is 2.67. The molecule has 1 radical (unpaired) electrons. The Morgan fingerprint density at radius 3 is 3.20 bits per heavy atom. The second-order valence-corrected chi connectivity index (χ2v) is 2.12. The van der Waals surface area contributed by atoms with Gasteiger partial charge in [-0.15, -0.1) is 0 Å². The lowest BCUT2D eigenvalue weighted by molar-refractivity contribution is 1.14. The minimum absolute atomic E-state index is 0.405. The van der Waals surface area contributed by atoms with Crippen LogP contribution in [0.2, 0.25) is 5.15 Å². The van der Waals surface area contributed by atoms with Crippen LogP contribution in [-0.2, 0) is 0 Å². The summed E-state index contributed by atoms with van der Waals surface area (Å²) in [5.41, 5.74) is 0.684. The molecular formula is C5H3ClN4+. The van der Waals surface area contributed by atoms with Gasteiger partial charge in [0.2, 0.25) is 12.0 Å². The number of fused-ring (bicyclic) bond motifs is 1. The summed E-state index contributed by atoms with van der Waals surface area (Å²) in [4.78, 5) is 11.5. The van der Waals surface area contributed by atoms with Crippen molar-refractivity contribution in [2.24, 2.45) is 0 Å². The normalized spacial score (nSPS) is 12.9. The van der Waals surface area contributed by atoms with E-state index in [1.165, 1.54) is 12.7 Å². The third kappa shape index (κ3) is 0.657. The fourth-order valence-electron chi connectivity index (χ4n) is 0.736. The summed E-state index contributed by atoms with van der Waals surface area (Å²) in [6.07, 6.45) is 2.91. The standard InChI is InChI=1S/C5H3ClN4/c6-4-3-5(9-1-7-3)10-2-8-4/h1-2,7H/q+1. The number of anilines is 1. The molecule has 49 valence electrons. The van der Waals surface area contributed by atoms with Crippen LogP contribution in [0.15, 0.2) is 6.33 Å². The fourth-order valence-corrected chi connectivity index (χ4v) is 0.918. The molecule has 1 N–H and O–H groups in total. The van der Waals surface area contributed by atoms with Crippen molar-refractivity contribution in [1.29, 1.82) is 0 Å². The Kier molecular flexibility index (Phi) is 1.07. The average Bonchev–Trinajstić information content (AvgIpc) is 2.36. The maximum Gasteiger partial charge on any atom is 0.340 e. The number of hydrogen-bond donors (Lipinski definition) is 1.